The van der Waals surface area contributed by atoms with Gasteiger partial charge in [0.15, 0.2) is 6.61 Å². The zero-order valence-corrected chi connectivity index (χ0v) is 14.1. The predicted molar refractivity (Wildman–Crippen MR) is 93.7 cm³/mol. The Labute approximate surface area is 144 Å². The topological polar surface area (TPSA) is 65.7 Å². The Hall–Kier alpha value is -3.08. The summed E-state index contributed by atoms with van der Waals surface area (Å²) in [4.78, 5) is 23.3. The van der Waals surface area contributed by atoms with Gasteiger partial charge in [-0.2, -0.15) is 0 Å². The van der Waals surface area contributed by atoms with Crippen LogP contribution in [0.5, 0.6) is 5.75 Å². The van der Waals surface area contributed by atoms with Gasteiger partial charge >= 0.3 is 11.6 Å². The number of carbonyl (C=O) groups excluding carboxylic acids is 1. The van der Waals surface area contributed by atoms with E-state index >= 15 is 0 Å². The fraction of sp³-hybridized carbons (Fsp3) is 0.200. The van der Waals surface area contributed by atoms with E-state index in [4.69, 9.17) is 13.9 Å². The smallest absolute Gasteiger partial charge is 0.344 e. The van der Waals surface area contributed by atoms with Gasteiger partial charge in [0.1, 0.15) is 17.9 Å². The molecular weight excluding hydrogens is 320 g/mol. The molecule has 0 radical (unpaired) electrons. The molecule has 0 saturated heterocycles. The summed E-state index contributed by atoms with van der Waals surface area (Å²) < 4.78 is 15.8. The first-order valence-electron chi connectivity index (χ1n) is 7.90. The van der Waals surface area contributed by atoms with Crippen molar-refractivity contribution in [3.8, 4) is 5.75 Å². The van der Waals surface area contributed by atoms with Gasteiger partial charge in [0.25, 0.3) is 0 Å². The maximum absolute atomic E-state index is 11.8. The minimum absolute atomic E-state index is 0.204. The highest BCUT2D eigenvalue weighted by Gasteiger charge is 2.08. The third kappa shape index (κ3) is 4.26. The Bertz CT molecular complexity index is 971. The molecule has 5 nitrogen and oxygen atoms in total. The largest absolute Gasteiger partial charge is 0.482 e. The summed E-state index contributed by atoms with van der Waals surface area (Å²) in [6, 6.07) is 14.3. The number of aryl methyl sites for hydroxylation is 2. The monoisotopic (exact) mass is 338 g/mol. The fourth-order valence-electron chi connectivity index (χ4n) is 2.54. The highest BCUT2D eigenvalue weighted by Crippen LogP contribution is 2.22. The molecule has 0 aliphatic rings. The van der Waals surface area contributed by atoms with E-state index in [9.17, 15) is 9.59 Å². The van der Waals surface area contributed by atoms with Crippen molar-refractivity contribution >= 4 is 16.9 Å². The molecule has 1 aromatic heterocycles. The van der Waals surface area contributed by atoms with Gasteiger partial charge in [0.05, 0.1) is 0 Å². The normalized spacial score (nSPS) is 10.6. The van der Waals surface area contributed by atoms with Gasteiger partial charge in [-0.15, -0.1) is 0 Å². The van der Waals surface area contributed by atoms with Crippen molar-refractivity contribution in [1.29, 1.82) is 0 Å². The number of ether oxygens (including phenoxy) is 2. The average molecular weight is 338 g/mol. The van der Waals surface area contributed by atoms with Crippen LogP contribution in [0, 0.1) is 13.8 Å². The Morgan fingerprint density at radius 1 is 1.08 bits per heavy atom. The summed E-state index contributed by atoms with van der Waals surface area (Å²) in [6.45, 7) is 3.81. The van der Waals surface area contributed by atoms with E-state index in [0.29, 0.717) is 11.3 Å². The Morgan fingerprint density at radius 3 is 2.72 bits per heavy atom. The van der Waals surface area contributed by atoms with Crippen LogP contribution in [-0.4, -0.2) is 12.6 Å². The zero-order valence-electron chi connectivity index (χ0n) is 14.1. The van der Waals surface area contributed by atoms with E-state index in [2.05, 4.69) is 0 Å². The number of hydrogen-bond acceptors (Lipinski definition) is 5. The van der Waals surface area contributed by atoms with Crippen LogP contribution in [0.2, 0.25) is 0 Å². The molecule has 0 aliphatic heterocycles. The lowest BCUT2D eigenvalue weighted by Gasteiger charge is -2.08. The zero-order chi connectivity index (χ0) is 17.8. The molecule has 1 heterocycles. The number of esters is 1. The summed E-state index contributed by atoms with van der Waals surface area (Å²) >= 11 is 0. The molecule has 0 saturated carbocycles. The molecule has 0 amide bonds. The van der Waals surface area contributed by atoms with Crippen LogP contribution in [0.3, 0.4) is 0 Å². The molecule has 0 atom stereocenters. The highest BCUT2D eigenvalue weighted by molar-refractivity contribution is 5.81. The van der Waals surface area contributed by atoms with Gasteiger partial charge in [-0.05, 0) is 37.1 Å². The van der Waals surface area contributed by atoms with Crippen LogP contribution in [0.1, 0.15) is 16.7 Å². The molecule has 3 rings (SSSR count). The van der Waals surface area contributed by atoms with Crippen molar-refractivity contribution in [2.75, 3.05) is 6.61 Å². The summed E-state index contributed by atoms with van der Waals surface area (Å²) in [6.07, 6.45) is 0. The molecule has 0 unspecified atom stereocenters. The molecule has 0 fully saturated rings. The third-order valence-electron chi connectivity index (χ3n) is 3.76. The van der Waals surface area contributed by atoms with Crippen LogP contribution in [-0.2, 0) is 16.1 Å². The highest BCUT2D eigenvalue weighted by atomic mass is 16.6. The summed E-state index contributed by atoms with van der Waals surface area (Å²) in [5, 5.41) is 0.828. The van der Waals surface area contributed by atoms with E-state index < -0.39 is 11.6 Å². The van der Waals surface area contributed by atoms with Crippen molar-refractivity contribution in [2.24, 2.45) is 0 Å². The van der Waals surface area contributed by atoms with E-state index in [-0.39, 0.29) is 13.2 Å². The maximum atomic E-state index is 11.8. The van der Waals surface area contributed by atoms with Crippen molar-refractivity contribution in [2.45, 2.75) is 20.5 Å². The number of hydrogen-bond donors (Lipinski definition) is 0. The lowest BCUT2D eigenvalue weighted by molar-refractivity contribution is -0.147. The van der Waals surface area contributed by atoms with Gasteiger partial charge in [-0.1, -0.05) is 29.8 Å². The minimum Gasteiger partial charge on any atom is -0.482 e. The summed E-state index contributed by atoms with van der Waals surface area (Å²) in [5.41, 5.74) is 2.87. The molecule has 0 bridgehead atoms. The van der Waals surface area contributed by atoms with Crippen LogP contribution in [0.15, 0.2) is 57.7 Å². The fourth-order valence-corrected chi connectivity index (χ4v) is 2.54. The lowest BCUT2D eigenvalue weighted by Crippen LogP contribution is -2.14. The minimum atomic E-state index is -0.465. The first-order valence-corrected chi connectivity index (χ1v) is 7.90. The Morgan fingerprint density at radius 2 is 1.92 bits per heavy atom. The number of rotatable bonds is 5. The summed E-state index contributed by atoms with van der Waals surface area (Å²) in [5.74, 6) is -0.0268. The molecule has 25 heavy (non-hydrogen) atoms. The SMILES string of the molecule is Cc1cccc(COC(=O)COc2ccc3c(C)cc(=O)oc3c2)c1. The van der Waals surface area contributed by atoms with Crippen molar-refractivity contribution in [1.82, 2.24) is 0 Å². The Balaban J connectivity index is 1.60. The van der Waals surface area contributed by atoms with Crippen molar-refractivity contribution in [3.63, 3.8) is 0 Å². The second kappa shape index (κ2) is 7.21. The average Bonchev–Trinajstić information content (AvgIpc) is 2.57. The standard InChI is InChI=1S/C20H18O5/c1-13-4-3-5-15(8-13)11-24-20(22)12-23-16-6-7-17-14(2)9-19(21)25-18(17)10-16/h3-10H,11-12H2,1-2H3. The predicted octanol–water partition coefficient (Wildman–Crippen LogP) is 3.53. The first-order chi connectivity index (χ1) is 12.0. The molecule has 0 aliphatic carbocycles. The van der Waals surface area contributed by atoms with Crippen molar-refractivity contribution < 1.29 is 18.7 Å². The van der Waals surface area contributed by atoms with Crippen LogP contribution in [0.4, 0.5) is 0 Å². The van der Waals surface area contributed by atoms with E-state index in [0.717, 1.165) is 22.1 Å². The Kier molecular flexibility index (Phi) is 4.84. The molecule has 128 valence electrons. The summed E-state index contributed by atoms with van der Waals surface area (Å²) in [7, 11) is 0. The van der Waals surface area contributed by atoms with Crippen LogP contribution >= 0.6 is 0 Å². The molecule has 5 heteroatoms. The van der Waals surface area contributed by atoms with E-state index in [1.54, 1.807) is 18.2 Å². The number of benzene rings is 2. The van der Waals surface area contributed by atoms with Gasteiger partial charge in [-0.25, -0.2) is 9.59 Å². The molecule has 3 aromatic rings. The van der Waals surface area contributed by atoms with Crippen molar-refractivity contribution in [3.05, 3.63) is 75.6 Å². The molecule has 0 N–H and O–H groups in total. The first kappa shape index (κ1) is 16.8. The van der Waals surface area contributed by atoms with E-state index in [1.165, 1.54) is 6.07 Å². The molecule has 0 spiro atoms. The molecular formula is C20H18O5. The second-order valence-corrected chi connectivity index (χ2v) is 5.84. The molecule has 2 aromatic carbocycles. The quantitative estimate of drug-likeness (QED) is 0.526. The second-order valence-electron chi connectivity index (χ2n) is 5.84. The van der Waals surface area contributed by atoms with E-state index in [1.807, 2.05) is 38.1 Å². The van der Waals surface area contributed by atoms with Gasteiger partial charge in [-0.3, -0.25) is 0 Å². The maximum Gasteiger partial charge on any atom is 0.344 e. The van der Waals surface area contributed by atoms with Crippen LogP contribution < -0.4 is 10.4 Å². The number of fused-ring (bicyclic) bond motifs is 1. The number of carbonyl (C=O) groups is 1. The third-order valence-corrected chi connectivity index (χ3v) is 3.76. The van der Waals surface area contributed by atoms with Crippen LogP contribution in [0.25, 0.3) is 11.0 Å². The van der Waals surface area contributed by atoms with Gasteiger partial charge in [0, 0.05) is 17.5 Å². The lowest BCUT2D eigenvalue weighted by atomic mass is 10.1. The van der Waals surface area contributed by atoms with Gasteiger partial charge in [0.2, 0.25) is 0 Å². The van der Waals surface area contributed by atoms with Gasteiger partial charge < -0.3 is 13.9 Å².